The SMILES string of the molecule is CNc1nc(SCC2COC2)c(C#N)c(-c2ccc(OCC(F)F)cn2)c1C#N. The molecule has 0 aliphatic carbocycles. The smallest absolute Gasteiger partial charge is 0.272 e. The Hall–Kier alpha value is -2.95. The monoisotopic (exact) mass is 417 g/mol. The zero-order valence-electron chi connectivity index (χ0n) is 15.5. The first-order valence-corrected chi connectivity index (χ1v) is 9.69. The second-order valence-electron chi connectivity index (χ2n) is 6.16. The number of rotatable bonds is 8. The van der Waals surface area contributed by atoms with Gasteiger partial charge in [-0.3, -0.25) is 4.98 Å². The molecule has 0 atom stereocenters. The van der Waals surface area contributed by atoms with E-state index in [4.69, 9.17) is 9.47 Å². The van der Waals surface area contributed by atoms with Gasteiger partial charge < -0.3 is 14.8 Å². The molecule has 7 nitrogen and oxygen atoms in total. The number of pyridine rings is 2. The van der Waals surface area contributed by atoms with Gasteiger partial charge in [-0.1, -0.05) is 0 Å². The van der Waals surface area contributed by atoms with Gasteiger partial charge in [0.2, 0.25) is 0 Å². The fourth-order valence-electron chi connectivity index (χ4n) is 2.67. The minimum absolute atomic E-state index is 0.175. The number of anilines is 1. The molecule has 0 amide bonds. The van der Waals surface area contributed by atoms with Gasteiger partial charge in [-0.2, -0.15) is 10.5 Å². The number of hydrogen-bond acceptors (Lipinski definition) is 8. The molecule has 3 rings (SSSR count). The van der Waals surface area contributed by atoms with Crippen LogP contribution in [0.4, 0.5) is 14.6 Å². The highest BCUT2D eigenvalue weighted by Gasteiger charge is 2.24. The summed E-state index contributed by atoms with van der Waals surface area (Å²) < 4.78 is 34.7. The molecule has 0 radical (unpaired) electrons. The molecular formula is C19H17F2N5O2S. The highest BCUT2D eigenvalue weighted by atomic mass is 32.2. The van der Waals surface area contributed by atoms with Crippen molar-refractivity contribution in [2.24, 2.45) is 5.92 Å². The Morgan fingerprint density at radius 2 is 2.07 bits per heavy atom. The largest absolute Gasteiger partial charge is 0.486 e. The third-order valence-electron chi connectivity index (χ3n) is 4.16. The van der Waals surface area contributed by atoms with Crippen molar-refractivity contribution in [2.45, 2.75) is 11.5 Å². The van der Waals surface area contributed by atoms with Crippen LogP contribution in [0.15, 0.2) is 23.4 Å². The maximum Gasteiger partial charge on any atom is 0.272 e. The summed E-state index contributed by atoms with van der Waals surface area (Å²) >= 11 is 1.43. The predicted molar refractivity (Wildman–Crippen MR) is 103 cm³/mol. The van der Waals surface area contributed by atoms with Crippen LogP contribution >= 0.6 is 11.8 Å². The Bertz CT molecular complexity index is 953. The molecule has 1 saturated heterocycles. The summed E-state index contributed by atoms with van der Waals surface area (Å²) in [6.07, 6.45) is -1.30. The van der Waals surface area contributed by atoms with E-state index in [9.17, 15) is 19.3 Å². The summed E-state index contributed by atoms with van der Waals surface area (Å²) in [5.41, 5.74) is 1.14. The van der Waals surface area contributed by atoms with Crippen LogP contribution < -0.4 is 10.1 Å². The lowest BCUT2D eigenvalue weighted by Crippen LogP contribution is -2.29. The van der Waals surface area contributed by atoms with E-state index in [1.165, 1.54) is 30.1 Å². The quantitative estimate of drug-likeness (QED) is 0.653. The second kappa shape index (κ2) is 9.50. The molecule has 1 fully saturated rings. The molecule has 0 spiro atoms. The van der Waals surface area contributed by atoms with Crippen molar-refractivity contribution >= 4 is 17.6 Å². The second-order valence-corrected chi connectivity index (χ2v) is 7.17. The zero-order chi connectivity index (χ0) is 20.8. The summed E-state index contributed by atoms with van der Waals surface area (Å²) in [5, 5.41) is 22.8. The average molecular weight is 417 g/mol. The van der Waals surface area contributed by atoms with Crippen LogP contribution in [-0.2, 0) is 4.74 Å². The number of nitriles is 2. The van der Waals surface area contributed by atoms with Gasteiger partial charge in [-0.15, -0.1) is 11.8 Å². The van der Waals surface area contributed by atoms with Gasteiger partial charge in [0.1, 0.15) is 40.9 Å². The van der Waals surface area contributed by atoms with E-state index in [-0.39, 0.29) is 16.9 Å². The van der Waals surface area contributed by atoms with Crippen LogP contribution in [0, 0.1) is 28.6 Å². The molecule has 1 N–H and O–H groups in total. The first-order valence-electron chi connectivity index (χ1n) is 8.71. The van der Waals surface area contributed by atoms with Gasteiger partial charge in [-0.05, 0) is 12.1 Å². The van der Waals surface area contributed by atoms with Crippen LogP contribution in [0.3, 0.4) is 0 Å². The lowest BCUT2D eigenvalue weighted by atomic mass is 10.0. The Morgan fingerprint density at radius 3 is 2.59 bits per heavy atom. The molecule has 29 heavy (non-hydrogen) atoms. The number of halogens is 2. The maximum atomic E-state index is 12.3. The minimum Gasteiger partial charge on any atom is -0.486 e. The van der Waals surface area contributed by atoms with Gasteiger partial charge in [0, 0.05) is 24.3 Å². The summed E-state index contributed by atoms with van der Waals surface area (Å²) in [4.78, 5) is 8.67. The third kappa shape index (κ3) is 4.73. The molecule has 10 heteroatoms. The van der Waals surface area contributed by atoms with E-state index in [2.05, 4.69) is 27.4 Å². The molecule has 150 valence electrons. The number of aromatic nitrogens is 2. The molecular weight excluding hydrogens is 400 g/mol. The van der Waals surface area contributed by atoms with Crippen molar-refractivity contribution in [3.05, 3.63) is 29.5 Å². The lowest BCUT2D eigenvalue weighted by Gasteiger charge is -2.25. The average Bonchev–Trinajstić information content (AvgIpc) is 2.70. The van der Waals surface area contributed by atoms with Crippen LogP contribution in [0.1, 0.15) is 11.1 Å². The topological polar surface area (TPSA) is 104 Å². The molecule has 2 aromatic rings. The number of thioether (sulfide) groups is 1. The fourth-order valence-corrected chi connectivity index (χ4v) is 3.70. The van der Waals surface area contributed by atoms with E-state index < -0.39 is 13.0 Å². The van der Waals surface area contributed by atoms with Gasteiger partial charge in [0.15, 0.2) is 0 Å². The van der Waals surface area contributed by atoms with Gasteiger partial charge in [0.05, 0.1) is 30.7 Å². The summed E-state index contributed by atoms with van der Waals surface area (Å²) in [6.45, 7) is 0.621. The third-order valence-corrected chi connectivity index (χ3v) is 5.36. The van der Waals surface area contributed by atoms with E-state index in [0.29, 0.717) is 41.2 Å². The molecule has 0 bridgehead atoms. The van der Waals surface area contributed by atoms with Crippen molar-refractivity contribution in [1.29, 1.82) is 10.5 Å². The van der Waals surface area contributed by atoms with E-state index in [0.717, 1.165) is 5.75 Å². The molecule has 2 aromatic heterocycles. The van der Waals surface area contributed by atoms with E-state index in [1.54, 1.807) is 7.05 Å². The highest BCUT2D eigenvalue weighted by Crippen LogP contribution is 2.37. The standard InChI is InChI=1S/C19H17F2N5O2S/c1-24-18-13(4-22)17(15-3-2-12(6-25-15)28-9-16(20)21)14(5-23)19(26-18)29-10-11-7-27-8-11/h2-3,6,11,16H,7-10H2,1H3,(H,24,26). The highest BCUT2D eigenvalue weighted by molar-refractivity contribution is 7.99. The Balaban J connectivity index is 2.00. The number of ether oxygens (including phenoxy) is 2. The molecule has 3 heterocycles. The van der Waals surface area contributed by atoms with Crippen molar-refractivity contribution in [3.63, 3.8) is 0 Å². The molecule has 0 saturated carbocycles. The number of alkyl halides is 2. The molecule has 1 aliphatic rings. The Labute approximate surface area is 170 Å². The van der Waals surface area contributed by atoms with Gasteiger partial charge in [0.25, 0.3) is 6.43 Å². The summed E-state index contributed by atoms with van der Waals surface area (Å²) in [5.74, 6) is 1.65. The molecule has 0 unspecified atom stereocenters. The number of nitrogens with zero attached hydrogens (tertiary/aromatic N) is 4. The Morgan fingerprint density at radius 1 is 1.31 bits per heavy atom. The number of nitrogens with one attached hydrogen (secondary N) is 1. The van der Waals surface area contributed by atoms with Gasteiger partial charge >= 0.3 is 0 Å². The number of hydrogen-bond donors (Lipinski definition) is 1. The van der Waals surface area contributed by atoms with Crippen LogP contribution in [0.2, 0.25) is 0 Å². The predicted octanol–water partition coefficient (Wildman–Crippen LogP) is 3.31. The fraction of sp³-hybridized carbons (Fsp3) is 0.368. The van der Waals surface area contributed by atoms with E-state index >= 15 is 0 Å². The van der Waals surface area contributed by atoms with Crippen molar-refractivity contribution in [2.75, 3.05) is 37.9 Å². The molecule has 0 aromatic carbocycles. The summed E-state index contributed by atoms with van der Waals surface area (Å²) in [7, 11) is 1.64. The summed E-state index contributed by atoms with van der Waals surface area (Å²) in [6, 6.07) is 7.23. The van der Waals surface area contributed by atoms with Crippen LogP contribution in [0.5, 0.6) is 5.75 Å². The van der Waals surface area contributed by atoms with E-state index in [1.807, 2.05) is 0 Å². The molecule has 1 aliphatic heterocycles. The first-order chi connectivity index (χ1) is 14.1. The van der Waals surface area contributed by atoms with Crippen molar-refractivity contribution in [3.8, 4) is 29.1 Å². The van der Waals surface area contributed by atoms with Crippen molar-refractivity contribution in [1.82, 2.24) is 9.97 Å². The maximum absolute atomic E-state index is 12.3. The minimum atomic E-state index is -2.59. The van der Waals surface area contributed by atoms with Gasteiger partial charge in [-0.25, -0.2) is 13.8 Å². The zero-order valence-corrected chi connectivity index (χ0v) is 16.3. The first kappa shape index (κ1) is 20.8. The van der Waals surface area contributed by atoms with Crippen LogP contribution in [0.25, 0.3) is 11.3 Å². The van der Waals surface area contributed by atoms with Crippen LogP contribution in [-0.4, -0.2) is 49.0 Å². The lowest BCUT2D eigenvalue weighted by molar-refractivity contribution is -0.0196. The normalized spacial score (nSPS) is 13.4. The Kier molecular flexibility index (Phi) is 6.81. The van der Waals surface area contributed by atoms with Crippen molar-refractivity contribution < 1.29 is 18.3 Å².